The molecule has 0 radical (unpaired) electrons. The summed E-state index contributed by atoms with van der Waals surface area (Å²) in [4.78, 5) is 23.9. The van der Waals surface area contributed by atoms with Crippen LogP contribution in [-0.4, -0.2) is 18.2 Å². The van der Waals surface area contributed by atoms with Crippen LogP contribution < -0.4 is 4.90 Å². The van der Waals surface area contributed by atoms with Crippen molar-refractivity contribution in [3.8, 4) is 6.07 Å². The highest BCUT2D eigenvalue weighted by molar-refractivity contribution is 6.34. The summed E-state index contributed by atoms with van der Waals surface area (Å²) in [6.45, 7) is 0.0600. The van der Waals surface area contributed by atoms with Crippen LogP contribution in [0, 0.1) is 11.3 Å². The molecule has 16 heavy (non-hydrogen) atoms. The van der Waals surface area contributed by atoms with Gasteiger partial charge in [0.2, 0.25) is 5.91 Å². The second-order valence-corrected chi connectivity index (χ2v) is 3.88. The van der Waals surface area contributed by atoms with E-state index in [1.807, 2.05) is 6.07 Å². The average Bonchev–Trinajstić information content (AvgIpc) is 2.57. The predicted molar refractivity (Wildman–Crippen MR) is 58.1 cm³/mol. The zero-order valence-corrected chi connectivity index (χ0v) is 8.99. The summed E-state index contributed by atoms with van der Waals surface area (Å²) in [6, 6.07) is 6.58. The zero-order valence-electron chi connectivity index (χ0n) is 8.24. The van der Waals surface area contributed by atoms with Crippen molar-refractivity contribution in [1.29, 1.82) is 5.26 Å². The summed E-state index contributed by atoms with van der Waals surface area (Å²) in [7, 11) is 0. The largest absolute Gasteiger partial charge is 0.303 e. The molecule has 0 aliphatic carbocycles. The lowest BCUT2D eigenvalue weighted by Gasteiger charge is -2.16. The predicted octanol–water partition coefficient (Wildman–Crippen LogP) is 1.52. The lowest BCUT2D eigenvalue weighted by atomic mass is 10.2. The van der Waals surface area contributed by atoms with Crippen LogP contribution in [0.25, 0.3) is 0 Å². The van der Waals surface area contributed by atoms with Crippen molar-refractivity contribution in [3.63, 3.8) is 0 Å². The Labute approximate surface area is 97.0 Å². The van der Waals surface area contributed by atoms with Gasteiger partial charge in [-0.25, -0.2) is 0 Å². The van der Waals surface area contributed by atoms with Gasteiger partial charge in [-0.3, -0.25) is 9.59 Å². The van der Waals surface area contributed by atoms with Crippen LogP contribution in [0.15, 0.2) is 18.2 Å². The molecule has 0 aromatic heterocycles. The number of Topliss-reactive ketones (excluding diaryl/α,β-unsaturated/α-hetero) is 1. The molecule has 1 amide bonds. The molecule has 0 N–H and O–H groups in total. The highest BCUT2D eigenvalue weighted by Crippen LogP contribution is 2.29. The average molecular weight is 235 g/mol. The van der Waals surface area contributed by atoms with Gasteiger partial charge in [0.15, 0.2) is 5.78 Å². The molecule has 80 valence electrons. The van der Waals surface area contributed by atoms with Crippen LogP contribution >= 0.6 is 11.6 Å². The third-order valence-electron chi connectivity index (χ3n) is 2.35. The van der Waals surface area contributed by atoms with Crippen molar-refractivity contribution in [2.45, 2.75) is 6.42 Å². The molecule has 0 saturated carbocycles. The van der Waals surface area contributed by atoms with Gasteiger partial charge in [0.1, 0.15) is 0 Å². The first kappa shape index (κ1) is 10.7. The molecule has 1 aliphatic rings. The van der Waals surface area contributed by atoms with Crippen LogP contribution in [0.1, 0.15) is 12.0 Å². The Balaban J connectivity index is 2.39. The molecule has 1 aromatic rings. The molecule has 2 rings (SSSR count). The lowest BCUT2D eigenvalue weighted by Crippen LogP contribution is -2.24. The summed E-state index contributed by atoms with van der Waals surface area (Å²) in [6.07, 6.45) is -0.0731. The van der Waals surface area contributed by atoms with E-state index >= 15 is 0 Å². The van der Waals surface area contributed by atoms with Crippen molar-refractivity contribution in [1.82, 2.24) is 0 Å². The van der Waals surface area contributed by atoms with Crippen LogP contribution in [0.5, 0.6) is 0 Å². The number of halogens is 1. The van der Waals surface area contributed by atoms with Crippen LogP contribution in [-0.2, 0) is 9.59 Å². The van der Waals surface area contributed by atoms with E-state index in [0.29, 0.717) is 16.3 Å². The van der Waals surface area contributed by atoms with Crippen molar-refractivity contribution in [3.05, 3.63) is 28.8 Å². The minimum Gasteiger partial charge on any atom is -0.303 e. The summed E-state index contributed by atoms with van der Waals surface area (Å²) in [5.74, 6) is -0.373. The number of carbonyl (C=O) groups excluding carboxylic acids is 2. The second kappa shape index (κ2) is 3.95. The Morgan fingerprint density at radius 1 is 1.38 bits per heavy atom. The van der Waals surface area contributed by atoms with Crippen molar-refractivity contribution < 1.29 is 9.59 Å². The molecule has 1 fully saturated rings. The Kier molecular flexibility index (Phi) is 2.63. The highest BCUT2D eigenvalue weighted by atomic mass is 35.5. The maximum absolute atomic E-state index is 11.5. The standard InChI is InChI=1S/C11H7ClN2O2/c12-9-3-7(5-13)1-2-10(9)14-6-8(15)4-11(14)16/h1-3H,4,6H2. The Morgan fingerprint density at radius 3 is 2.62 bits per heavy atom. The van der Waals surface area contributed by atoms with E-state index in [2.05, 4.69) is 0 Å². The van der Waals surface area contributed by atoms with Crippen molar-refractivity contribution in [2.24, 2.45) is 0 Å². The molecule has 1 aromatic carbocycles. The number of ketones is 1. The monoisotopic (exact) mass is 234 g/mol. The first-order valence-corrected chi connectivity index (χ1v) is 5.01. The number of amides is 1. The molecule has 0 bridgehead atoms. The fraction of sp³-hybridized carbons (Fsp3) is 0.182. The molecule has 1 heterocycles. The summed E-state index contributed by atoms with van der Waals surface area (Å²) < 4.78 is 0. The van der Waals surface area contributed by atoms with Gasteiger partial charge in [0.05, 0.1) is 35.3 Å². The first-order valence-electron chi connectivity index (χ1n) is 4.63. The molecule has 0 spiro atoms. The van der Waals surface area contributed by atoms with Gasteiger partial charge in [0, 0.05) is 0 Å². The minimum absolute atomic E-state index is 0.0600. The molecule has 5 heteroatoms. The van der Waals surface area contributed by atoms with Gasteiger partial charge in [0.25, 0.3) is 0 Å². The summed E-state index contributed by atoms with van der Waals surface area (Å²) in [5, 5.41) is 8.98. The smallest absolute Gasteiger partial charge is 0.234 e. The molecular formula is C11H7ClN2O2. The number of anilines is 1. The van der Waals surface area contributed by atoms with E-state index in [9.17, 15) is 9.59 Å². The van der Waals surface area contributed by atoms with E-state index < -0.39 is 0 Å². The quantitative estimate of drug-likeness (QED) is 0.692. The summed E-state index contributed by atoms with van der Waals surface area (Å²) in [5.41, 5.74) is 0.906. The number of nitrogens with zero attached hydrogens (tertiary/aromatic N) is 2. The van der Waals surface area contributed by atoms with Crippen LogP contribution in [0.2, 0.25) is 5.02 Å². The lowest BCUT2D eigenvalue weighted by molar-refractivity contribution is -0.121. The number of benzene rings is 1. The maximum Gasteiger partial charge on any atom is 0.234 e. The van der Waals surface area contributed by atoms with Gasteiger partial charge in [-0.1, -0.05) is 11.6 Å². The topological polar surface area (TPSA) is 61.2 Å². The van der Waals surface area contributed by atoms with E-state index in [0.717, 1.165) is 0 Å². The zero-order chi connectivity index (χ0) is 11.7. The highest BCUT2D eigenvalue weighted by Gasteiger charge is 2.29. The van der Waals surface area contributed by atoms with E-state index in [-0.39, 0.29) is 24.7 Å². The maximum atomic E-state index is 11.5. The fourth-order valence-corrected chi connectivity index (χ4v) is 1.88. The Morgan fingerprint density at radius 2 is 2.12 bits per heavy atom. The third-order valence-corrected chi connectivity index (χ3v) is 2.65. The molecule has 1 saturated heterocycles. The summed E-state index contributed by atoms with van der Waals surface area (Å²) >= 11 is 5.94. The van der Waals surface area contributed by atoms with Gasteiger partial charge in [-0.2, -0.15) is 5.26 Å². The molecule has 4 nitrogen and oxygen atoms in total. The number of hydrogen-bond donors (Lipinski definition) is 0. The first-order chi connectivity index (χ1) is 7.61. The molecule has 0 unspecified atom stereocenters. The van der Waals surface area contributed by atoms with Gasteiger partial charge >= 0.3 is 0 Å². The Hall–Kier alpha value is -1.86. The normalized spacial score (nSPS) is 15.4. The number of carbonyl (C=O) groups is 2. The number of rotatable bonds is 1. The van der Waals surface area contributed by atoms with Crippen LogP contribution in [0.4, 0.5) is 5.69 Å². The SMILES string of the molecule is N#Cc1ccc(N2CC(=O)CC2=O)c(Cl)c1. The van der Waals surface area contributed by atoms with Crippen molar-refractivity contribution in [2.75, 3.05) is 11.4 Å². The van der Waals surface area contributed by atoms with Gasteiger partial charge in [-0.15, -0.1) is 0 Å². The fourth-order valence-electron chi connectivity index (χ4n) is 1.60. The minimum atomic E-state index is -0.253. The molecule has 1 aliphatic heterocycles. The van der Waals surface area contributed by atoms with Gasteiger partial charge in [-0.05, 0) is 18.2 Å². The second-order valence-electron chi connectivity index (χ2n) is 3.47. The van der Waals surface area contributed by atoms with E-state index in [1.54, 1.807) is 12.1 Å². The van der Waals surface area contributed by atoms with Crippen LogP contribution in [0.3, 0.4) is 0 Å². The number of nitriles is 1. The van der Waals surface area contributed by atoms with E-state index in [1.165, 1.54) is 11.0 Å². The molecular weight excluding hydrogens is 228 g/mol. The Bertz CT molecular complexity index is 519. The third kappa shape index (κ3) is 1.77. The van der Waals surface area contributed by atoms with E-state index in [4.69, 9.17) is 16.9 Å². The van der Waals surface area contributed by atoms with Gasteiger partial charge < -0.3 is 4.90 Å². The van der Waals surface area contributed by atoms with Crippen molar-refractivity contribution >= 4 is 29.0 Å². The number of hydrogen-bond acceptors (Lipinski definition) is 3. The molecule has 0 atom stereocenters.